The van der Waals surface area contributed by atoms with Gasteiger partial charge in [-0.25, -0.2) is 9.37 Å². The fourth-order valence-electron chi connectivity index (χ4n) is 3.45. The minimum absolute atomic E-state index is 0.0511. The van der Waals surface area contributed by atoms with Crippen molar-refractivity contribution in [2.45, 2.75) is 18.8 Å². The van der Waals surface area contributed by atoms with E-state index in [1.54, 1.807) is 22.3 Å². The van der Waals surface area contributed by atoms with Gasteiger partial charge in [0, 0.05) is 19.0 Å². The molecule has 0 saturated carbocycles. The molecule has 1 aliphatic rings. The van der Waals surface area contributed by atoms with Crippen molar-refractivity contribution in [2.24, 2.45) is 0 Å². The number of nitrogens with zero attached hydrogens (tertiary/aromatic N) is 2. The summed E-state index contributed by atoms with van der Waals surface area (Å²) in [5.41, 5.74) is 0.974. The maximum Gasteiger partial charge on any atom is 0.254 e. The van der Waals surface area contributed by atoms with Gasteiger partial charge in [-0.3, -0.25) is 9.59 Å². The van der Waals surface area contributed by atoms with E-state index < -0.39 is 11.7 Å². The van der Waals surface area contributed by atoms with Crippen LogP contribution in [0.25, 0.3) is 10.2 Å². The van der Waals surface area contributed by atoms with Gasteiger partial charge in [0.1, 0.15) is 5.82 Å². The van der Waals surface area contributed by atoms with Gasteiger partial charge in [-0.1, -0.05) is 24.3 Å². The van der Waals surface area contributed by atoms with Crippen molar-refractivity contribution >= 4 is 33.4 Å². The van der Waals surface area contributed by atoms with Gasteiger partial charge in [0.2, 0.25) is 5.91 Å². The number of hydrogen-bond donors (Lipinski definition) is 1. The highest BCUT2D eigenvalue weighted by molar-refractivity contribution is 7.18. The van der Waals surface area contributed by atoms with Crippen LogP contribution >= 0.6 is 11.3 Å². The van der Waals surface area contributed by atoms with E-state index in [2.05, 4.69) is 11.4 Å². The predicted octanol–water partition coefficient (Wildman–Crippen LogP) is 3.57. The van der Waals surface area contributed by atoms with Crippen LogP contribution < -0.4 is 5.32 Å². The summed E-state index contributed by atoms with van der Waals surface area (Å²) in [5.74, 6) is -0.957. The number of amides is 2. The molecule has 2 heterocycles. The van der Waals surface area contributed by atoms with Crippen molar-refractivity contribution in [1.82, 2.24) is 15.2 Å². The number of thiazole rings is 1. The third-order valence-corrected chi connectivity index (χ3v) is 6.22. The number of rotatable bonds is 4. The maximum atomic E-state index is 13.6. The molecule has 0 spiro atoms. The van der Waals surface area contributed by atoms with Crippen LogP contribution in [0.3, 0.4) is 0 Å². The first kappa shape index (κ1) is 18.6. The summed E-state index contributed by atoms with van der Waals surface area (Å²) in [5, 5.41) is 3.64. The Morgan fingerprint density at radius 1 is 1.11 bits per heavy atom. The van der Waals surface area contributed by atoms with Crippen LogP contribution in [0.2, 0.25) is 0 Å². The van der Waals surface area contributed by atoms with E-state index in [0.29, 0.717) is 19.0 Å². The molecule has 3 aromatic rings. The average Bonchev–Trinajstić information content (AvgIpc) is 3.16. The third kappa shape index (κ3) is 3.89. The van der Waals surface area contributed by atoms with E-state index in [4.69, 9.17) is 4.98 Å². The Balaban J connectivity index is 1.30. The van der Waals surface area contributed by atoms with E-state index in [-0.39, 0.29) is 18.0 Å². The number of likely N-dealkylation sites (tertiary alicyclic amines) is 1. The summed E-state index contributed by atoms with van der Waals surface area (Å²) < 4.78 is 14.8. The normalized spacial score (nSPS) is 15.0. The molecule has 0 bridgehead atoms. The van der Waals surface area contributed by atoms with Gasteiger partial charge < -0.3 is 10.2 Å². The second kappa shape index (κ2) is 8.06. The molecule has 0 atom stereocenters. The van der Waals surface area contributed by atoms with Gasteiger partial charge in [-0.05, 0) is 37.1 Å². The zero-order chi connectivity index (χ0) is 19.5. The molecule has 2 aromatic carbocycles. The van der Waals surface area contributed by atoms with Gasteiger partial charge in [0.05, 0.1) is 27.3 Å². The minimum atomic E-state index is -0.593. The summed E-state index contributed by atoms with van der Waals surface area (Å²) in [4.78, 5) is 30.9. The zero-order valence-electron chi connectivity index (χ0n) is 15.2. The van der Waals surface area contributed by atoms with E-state index in [1.165, 1.54) is 22.9 Å². The predicted molar refractivity (Wildman–Crippen MR) is 107 cm³/mol. The van der Waals surface area contributed by atoms with Crippen LogP contribution in [0.15, 0.2) is 48.5 Å². The Hall–Kier alpha value is -2.80. The van der Waals surface area contributed by atoms with Crippen LogP contribution in [0.4, 0.5) is 4.39 Å². The minimum Gasteiger partial charge on any atom is -0.343 e. The Bertz CT molecular complexity index is 979. The largest absolute Gasteiger partial charge is 0.343 e. The van der Waals surface area contributed by atoms with E-state index in [0.717, 1.165) is 23.4 Å². The number of carbonyl (C=O) groups excluding carboxylic acids is 2. The molecule has 1 aromatic heterocycles. The lowest BCUT2D eigenvalue weighted by Crippen LogP contribution is -2.43. The molecule has 5 nitrogen and oxygen atoms in total. The van der Waals surface area contributed by atoms with E-state index in [1.807, 2.05) is 18.2 Å². The molecule has 2 amide bonds. The second-order valence-corrected chi connectivity index (χ2v) is 7.90. The monoisotopic (exact) mass is 397 g/mol. The zero-order valence-corrected chi connectivity index (χ0v) is 16.0. The molecular weight excluding hydrogens is 377 g/mol. The first-order valence-corrected chi connectivity index (χ1v) is 10.1. The van der Waals surface area contributed by atoms with Crippen molar-refractivity contribution < 1.29 is 14.0 Å². The molecule has 4 rings (SSSR count). The van der Waals surface area contributed by atoms with Crippen LogP contribution in [0.1, 0.15) is 34.1 Å². The van der Waals surface area contributed by atoms with Gasteiger partial charge in [-0.2, -0.15) is 0 Å². The number of piperidine rings is 1. The Morgan fingerprint density at radius 2 is 1.82 bits per heavy atom. The Morgan fingerprint density at radius 3 is 2.57 bits per heavy atom. The number of nitrogens with one attached hydrogen (secondary N) is 1. The van der Waals surface area contributed by atoms with Crippen molar-refractivity contribution in [2.75, 3.05) is 19.6 Å². The highest BCUT2D eigenvalue weighted by Gasteiger charge is 2.26. The molecular formula is C21H20FN3O2S. The number of halogens is 1. The smallest absolute Gasteiger partial charge is 0.254 e. The third-order valence-electron chi connectivity index (χ3n) is 5.03. The SMILES string of the molecule is O=C(NCC(=O)N1CCC(c2nc3ccccc3s2)CC1)c1ccccc1F. The van der Waals surface area contributed by atoms with Crippen molar-refractivity contribution in [1.29, 1.82) is 0 Å². The van der Waals surface area contributed by atoms with Crippen molar-refractivity contribution in [3.8, 4) is 0 Å². The number of para-hydroxylation sites is 1. The molecule has 1 aliphatic heterocycles. The topological polar surface area (TPSA) is 62.3 Å². The van der Waals surface area contributed by atoms with Crippen LogP contribution in [-0.2, 0) is 4.79 Å². The first-order chi connectivity index (χ1) is 13.6. The number of hydrogen-bond acceptors (Lipinski definition) is 4. The van der Waals surface area contributed by atoms with Crippen LogP contribution in [0.5, 0.6) is 0 Å². The number of aromatic nitrogens is 1. The molecule has 144 valence electrons. The fraction of sp³-hybridized carbons (Fsp3) is 0.286. The highest BCUT2D eigenvalue weighted by Crippen LogP contribution is 2.33. The molecule has 0 radical (unpaired) electrons. The van der Waals surface area contributed by atoms with Crippen molar-refractivity contribution in [3.05, 3.63) is 64.9 Å². The molecule has 7 heteroatoms. The second-order valence-electron chi connectivity index (χ2n) is 6.84. The summed E-state index contributed by atoms with van der Waals surface area (Å²) in [6, 6.07) is 13.8. The molecule has 0 aliphatic carbocycles. The lowest BCUT2D eigenvalue weighted by Gasteiger charge is -2.31. The molecule has 28 heavy (non-hydrogen) atoms. The van der Waals surface area contributed by atoms with Gasteiger partial charge in [-0.15, -0.1) is 11.3 Å². The molecule has 0 unspecified atom stereocenters. The summed E-state index contributed by atoms with van der Waals surface area (Å²) >= 11 is 1.72. The van der Waals surface area contributed by atoms with Gasteiger partial charge in [0.15, 0.2) is 0 Å². The average molecular weight is 397 g/mol. The number of benzene rings is 2. The first-order valence-electron chi connectivity index (χ1n) is 9.28. The van der Waals surface area contributed by atoms with E-state index >= 15 is 0 Å². The molecule has 1 fully saturated rings. The van der Waals surface area contributed by atoms with Crippen LogP contribution in [-0.4, -0.2) is 41.3 Å². The summed E-state index contributed by atoms with van der Waals surface area (Å²) in [7, 11) is 0. The summed E-state index contributed by atoms with van der Waals surface area (Å²) in [6.45, 7) is 1.14. The fourth-order valence-corrected chi connectivity index (χ4v) is 4.59. The Labute approximate surface area is 166 Å². The molecule has 1 N–H and O–H groups in total. The van der Waals surface area contributed by atoms with Crippen molar-refractivity contribution in [3.63, 3.8) is 0 Å². The lowest BCUT2D eigenvalue weighted by atomic mass is 9.97. The van der Waals surface area contributed by atoms with Gasteiger partial charge >= 0.3 is 0 Å². The number of fused-ring (bicyclic) bond motifs is 1. The van der Waals surface area contributed by atoms with E-state index in [9.17, 15) is 14.0 Å². The number of carbonyl (C=O) groups is 2. The lowest BCUT2D eigenvalue weighted by molar-refractivity contribution is -0.131. The Kier molecular flexibility index (Phi) is 5.34. The maximum absolute atomic E-state index is 13.6. The molecule has 1 saturated heterocycles. The van der Waals surface area contributed by atoms with Gasteiger partial charge in [0.25, 0.3) is 5.91 Å². The standard InChI is InChI=1S/C21H20FN3O2S/c22-16-6-2-1-5-15(16)20(27)23-13-19(26)25-11-9-14(10-12-25)21-24-17-7-3-4-8-18(17)28-21/h1-8,14H,9-13H2,(H,23,27). The highest BCUT2D eigenvalue weighted by atomic mass is 32.1. The quantitative estimate of drug-likeness (QED) is 0.732. The summed E-state index contributed by atoms with van der Waals surface area (Å²) in [6.07, 6.45) is 1.71. The van der Waals surface area contributed by atoms with Crippen LogP contribution in [0, 0.1) is 5.82 Å².